The van der Waals surface area contributed by atoms with E-state index in [1.54, 1.807) is 0 Å². The van der Waals surface area contributed by atoms with Crippen LogP contribution in [0.25, 0.3) is 0 Å². The normalized spacial score (nSPS) is 12.2. The SMILES string of the molecule is CCN(CC)CC(CCCCCCCCC(=O)N(CC)CC)OC(C)=O. The van der Waals surface area contributed by atoms with Crippen LogP contribution in [0.2, 0.25) is 0 Å². The minimum Gasteiger partial charge on any atom is -0.461 e. The fraction of sp³-hybridized carbons (Fsp3) is 0.905. The van der Waals surface area contributed by atoms with Crippen molar-refractivity contribution in [1.82, 2.24) is 9.80 Å². The predicted octanol–water partition coefficient (Wildman–Crippen LogP) is 4.25. The number of carbonyl (C=O) groups is 2. The number of unbranched alkanes of at least 4 members (excludes halogenated alkanes) is 5. The Labute approximate surface area is 161 Å². The second kappa shape index (κ2) is 16.1. The number of hydrogen-bond donors (Lipinski definition) is 0. The third-order valence-corrected chi connectivity index (χ3v) is 4.97. The second-order valence-electron chi connectivity index (χ2n) is 6.94. The van der Waals surface area contributed by atoms with Crippen LogP contribution in [0.3, 0.4) is 0 Å². The van der Waals surface area contributed by atoms with Crippen LogP contribution in [0.1, 0.15) is 86.0 Å². The van der Waals surface area contributed by atoms with E-state index < -0.39 is 0 Å². The Hall–Kier alpha value is -1.10. The van der Waals surface area contributed by atoms with Crippen LogP contribution in [-0.4, -0.2) is 60.5 Å². The molecule has 0 aliphatic rings. The van der Waals surface area contributed by atoms with Crippen molar-refractivity contribution in [3.63, 3.8) is 0 Å². The predicted molar refractivity (Wildman–Crippen MR) is 108 cm³/mol. The van der Waals surface area contributed by atoms with E-state index in [-0.39, 0.29) is 18.0 Å². The fourth-order valence-corrected chi connectivity index (χ4v) is 3.28. The van der Waals surface area contributed by atoms with Crippen LogP contribution in [0.5, 0.6) is 0 Å². The van der Waals surface area contributed by atoms with Gasteiger partial charge < -0.3 is 14.5 Å². The molecule has 0 N–H and O–H groups in total. The van der Waals surface area contributed by atoms with Gasteiger partial charge in [-0.2, -0.15) is 0 Å². The molecule has 0 aliphatic heterocycles. The molecule has 0 rings (SSSR count). The molecule has 26 heavy (non-hydrogen) atoms. The van der Waals surface area contributed by atoms with Crippen LogP contribution in [-0.2, 0) is 14.3 Å². The molecule has 0 fully saturated rings. The summed E-state index contributed by atoms with van der Waals surface area (Å²) in [5.41, 5.74) is 0. The maximum atomic E-state index is 11.9. The van der Waals surface area contributed by atoms with Crippen LogP contribution in [0.15, 0.2) is 0 Å². The first-order chi connectivity index (χ1) is 12.5. The lowest BCUT2D eigenvalue weighted by Crippen LogP contribution is -2.34. The molecule has 154 valence electrons. The van der Waals surface area contributed by atoms with E-state index in [0.29, 0.717) is 6.42 Å². The first-order valence-electron chi connectivity index (χ1n) is 10.7. The smallest absolute Gasteiger partial charge is 0.302 e. The molecule has 0 saturated carbocycles. The first-order valence-corrected chi connectivity index (χ1v) is 10.7. The van der Waals surface area contributed by atoms with Gasteiger partial charge >= 0.3 is 5.97 Å². The van der Waals surface area contributed by atoms with Gasteiger partial charge in [-0.3, -0.25) is 9.59 Å². The van der Waals surface area contributed by atoms with Crippen molar-refractivity contribution in [3.8, 4) is 0 Å². The summed E-state index contributed by atoms with van der Waals surface area (Å²) in [6.07, 6.45) is 8.39. The number of ether oxygens (including phenoxy) is 1. The zero-order valence-corrected chi connectivity index (χ0v) is 17.9. The van der Waals surface area contributed by atoms with Crippen molar-refractivity contribution in [2.45, 2.75) is 92.1 Å². The molecule has 0 bridgehead atoms. The zero-order valence-electron chi connectivity index (χ0n) is 17.9. The van der Waals surface area contributed by atoms with Gasteiger partial charge in [0.1, 0.15) is 6.10 Å². The van der Waals surface area contributed by atoms with Gasteiger partial charge in [0.15, 0.2) is 0 Å². The molecule has 0 aromatic carbocycles. The van der Waals surface area contributed by atoms with E-state index >= 15 is 0 Å². The number of hydrogen-bond acceptors (Lipinski definition) is 4. The molecule has 0 saturated heterocycles. The van der Waals surface area contributed by atoms with Crippen LogP contribution in [0.4, 0.5) is 0 Å². The molecule has 1 unspecified atom stereocenters. The molecule has 0 aromatic heterocycles. The van der Waals surface area contributed by atoms with Gasteiger partial charge in [-0.15, -0.1) is 0 Å². The monoisotopic (exact) mass is 370 g/mol. The van der Waals surface area contributed by atoms with Crippen LogP contribution >= 0.6 is 0 Å². The minimum absolute atomic E-state index is 0.0130. The van der Waals surface area contributed by atoms with E-state index in [9.17, 15) is 9.59 Å². The number of likely N-dealkylation sites (N-methyl/N-ethyl adjacent to an activating group) is 1. The third kappa shape index (κ3) is 12.3. The Bertz CT molecular complexity index is 366. The van der Waals surface area contributed by atoms with E-state index in [2.05, 4.69) is 18.7 Å². The van der Waals surface area contributed by atoms with Gasteiger partial charge in [0, 0.05) is 33.0 Å². The Morgan fingerprint density at radius 1 is 0.808 bits per heavy atom. The number of amides is 1. The number of esters is 1. The highest BCUT2D eigenvalue weighted by molar-refractivity contribution is 5.76. The van der Waals surface area contributed by atoms with Crippen molar-refractivity contribution in [2.24, 2.45) is 0 Å². The van der Waals surface area contributed by atoms with E-state index in [4.69, 9.17) is 4.74 Å². The van der Waals surface area contributed by atoms with Gasteiger partial charge in [0.05, 0.1) is 0 Å². The minimum atomic E-state index is -0.181. The standard InChI is InChI=1S/C21H42N2O3/c1-6-22(7-2)18-20(26-19(5)24)16-14-12-10-11-13-15-17-21(25)23(8-3)9-4/h20H,6-18H2,1-5H3. The molecule has 5 nitrogen and oxygen atoms in total. The molecule has 1 atom stereocenters. The maximum Gasteiger partial charge on any atom is 0.302 e. The summed E-state index contributed by atoms with van der Waals surface area (Å²) >= 11 is 0. The Kier molecular flexibility index (Phi) is 15.4. The summed E-state index contributed by atoms with van der Waals surface area (Å²) < 4.78 is 5.48. The molecule has 0 radical (unpaired) electrons. The van der Waals surface area contributed by atoms with Crippen LogP contribution in [0, 0.1) is 0 Å². The summed E-state index contributed by atoms with van der Waals surface area (Å²) in [6.45, 7) is 14.3. The molecular formula is C21H42N2O3. The molecule has 0 aromatic rings. The zero-order chi connectivity index (χ0) is 19.8. The van der Waals surface area contributed by atoms with Gasteiger partial charge in [0.2, 0.25) is 5.91 Å². The highest BCUT2D eigenvalue weighted by Gasteiger charge is 2.15. The van der Waals surface area contributed by atoms with Crippen molar-refractivity contribution in [3.05, 3.63) is 0 Å². The van der Waals surface area contributed by atoms with Gasteiger partial charge in [0.25, 0.3) is 0 Å². The Morgan fingerprint density at radius 2 is 1.35 bits per heavy atom. The Morgan fingerprint density at radius 3 is 1.85 bits per heavy atom. The van der Waals surface area contributed by atoms with E-state index in [0.717, 1.165) is 58.4 Å². The van der Waals surface area contributed by atoms with Gasteiger partial charge in [-0.1, -0.05) is 39.5 Å². The summed E-state index contributed by atoms with van der Waals surface area (Å²) in [5, 5.41) is 0. The van der Waals surface area contributed by atoms with Crippen LogP contribution < -0.4 is 0 Å². The third-order valence-electron chi connectivity index (χ3n) is 4.97. The number of carbonyl (C=O) groups excluding carboxylic acids is 2. The molecule has 5 heteroatoms. The molecule has 0 heterocycles. The topological polar surface area (TPSA) is 49.9 Å². The van der Waals surface area contributed by atoms with E-state index in [1.165, 1.54) is 26.2 Å². The fourth-order valence-electron chi connectivity index (χ4n) is 3.28. The lowest BCUT2D eigenvalue weighted by molar-refractivity contribution is -0.147. The van der Waals surface area contributed by atoms with Crippen molar-refractivity contribution >= 4 is 11.9 Å². The molecule has 0 spiro atoms. The summed E-state index contributed by atoms with van der Waals surface area (Å²) in [7, 11) is 0. The quantitative estimate of drug-likeness (QED) is 0.301. The second-order valence-corrected chi connectivity index (χ2v) is 6.94. The maximum absolute atomic E-state index is 11.9. The molecule has 0 aliphatic carbocycles. The number of nitrogens with zero attached hydrogens (tertiary/aromatic N) is 2. The Balaban J connectivity index is 3.83. The number of rotatable bonds is 16. The van der Waals surface area contributed by atoms with Crippen molar-refractivity contribution in [2.75, 3.05) is 32.7 Å². The van der Waals surface area contributed by atoms with E-state index in [1.807, 2.05) is 18.7 Å². The average molecular weight is 371 g/mol. The highest BCUT2D eigenvalue weighted by atomic mass is 16.5. The highest BCUT2D eigenvalue weighted by Crippen LogP contribution is 2.13. The van der Waals surface area contributed by atoms with Gasteiger partial charge in [-0.05, 0) is 46.2 Å². The largest absolute Gasteiger partial charge is 0.461 e. The summed E-state index contributed by atoms with van der Waals surface area (Å²) in [4.78, 5) is 27.4. The lowest BCUT2D eigenvalue weighted by Gasteiger charge is -2.25. The lowest BCUT2D eigenvalue weighted by atomic mass is 10.1. The molecule has 1 amide bonds. The summed E-state index contributed by atoms with van der Waals surface area (Å²) in [5.74, 6) is 0.107. The van der Waals surface area contributed by atoms with Crippen molar-refractivity contribution < 1.29 is 14.3 Å². The molecular weight excluding hydrogens is 328 g/mol. The summed E-state index contributed by atoms with van der Waals surface area (Å²) in [6, 6.07) is 0. The van der Waals surface area contributed by atoms with Crippen molar-refractivity contribution in [1.29, 1.82) is 0 Å². The first kappa shape index (κ1) is 24.9. The van der Waals surface area contributed by atoms with Gasteiger partial charge in [-0.25, -0.2) is 0 Å². The average Bonchev–Trinajstić information content (AvgIpc) is 2.62.